The summed E-state index contributed by atoms with van der Waals surface area (Å²) in [6.07, 6.45) is 21.2. The maximum absolute atomic E-state index is 13.5. The Bertz CT molecular complexity index is 1770. The molecule has 2 aromatic carbocycles. The second-order valence-corrected chi connectivity index (χ2v) is 19.1. The van der Waals surface area contributed by atoms with Gasteiger partial charge < -0.3 is 15.5 Å². The van der Waals surface area contributed by atoms with Gasteiger partial charge in [0.05, 0.1) is 11.7 Å². The summed E-state index contributed by atoms with van der Waals surface area (Å²) in [4.78, 5) is 38.2. The van der Waals surface area contributed by atoms with Gasteiger partial charge in [-0.3, -0.25) is 14.5 Å². The first-order valence-electron chi connectivity index (χ1n) is 21.3. The molecule has 0 spiro atoms. The van der Waals surface area contributed by atoms with Crippen LogP contribution in [0.15, 0.2) is 78.9 Å². The topological polar surface area (TPSA) is 141 Å². The molecule has 3 rings (SSSR count). The van der Waals surface area contributed by atoms with E-state index in [-0.39, 0.29) is 18.1 Å². The third-order valence-corrected chi connectivity index (χ3v) is 12.5. The first-order valence-corrected chi connectivity index (χ1v) is 24.7. The van der Waals surface area contributed by atoms with E-state index in [2.05, 4.69) is 69.6 Å². The Morgan fingerprint density at radius 3 is 2.17 bits per heavy atom. The van der Waals surface area contributed by atoms with Gasteiger partial charge in [0.25, 0.3) is 5.91 Å². The number of rotatable bonds is 22. The van der Waals surface area contributed by atoms with E-state index < -0.39 is 33.7 Å². The zero-order valence-corrected chi connectivity index (χ0v) is 39.0. The highest BCUT2D eigenvalue weighted by Gasteiger charge is 2.33. The van der Waals surface area contributed by atoms with Crippen molar-refractivity contribution in [1.82, 2.24) is 10.2 Å². The third-order valence-electron chi connectivity index (χ3n) is 10.8. The number of carbonyl (C=O) groups is 3. The first kappa shape index (κ1) is 53.3. The van der Waals surface area contributed by atoms with Crippen LogP contribution in [0.2, 0.25) is 0 Å². The molecule has 1 aliphatic heterocycles. The number of nitrogens with zero attached hydrogens (tertiary/aromatic N) is 1. The Morgan fingerprint density at radius 1 is 0.966 bits per heavy atom. The van der Waals surface area contributed by atoms with Gasteiger partial charge >= 0.3 is 11.9 Å². The molecule has 0 aliphatic carbocycles. The Kier molecular flexibility index (Phi) is 26.0. The van der Waals surface area contributed by atoms with Crippen LogP contribution in [0.5, 0.6) is 0 Å². The molecule has 5 atom stereocenters. The molecule has 5 unspecified atom stereocenters. The van der Waals surface area contributed by atoms with E-state index in [1.165, 1.54) is 24.8 Å². The van der Waals surface area contributed by atoms with Crippen molar-refractivity contribution in [1.29, 1.82) is 0 Å². The molecule has 2 aromatic rings. The fourth-order valence-corrected chi connectivity index (χ4v) is 8.27. The summed E-state index contributed by atoms with van der Waals surface area (Å²) in [6, 6.07) is 13.1. The van der Waals surface area contributed by atoms with E-state index in [9.17, 15) is 27.9 Å². The monoisotopic (exact) mass is 854 g/mol. The van der Waals surface area contributed by atoms with E-state index in [0.717, 1.165) is 85.3 Å². The molecule has 1 aliphatic rings. The number of benzene rings is 2. The SMILES string of the molecule is C=C/C=C\C(=C/C)CC1CCC(CCC)N1Cc1ccc(C(=O)NC(CCS(C)(=O)=O)C(=O)O)c(-c2ccccc2C)c1.CCCC(C)CC.CSCCC(C)C(=O)O. The van der Waals surface area contributed by atoms with Crippen molar-refractivity contribution in [3.05, 3.63) is 95.6 Å². The summed E-state index contributed by atoms with van der Waals surface area (Å²) >= 11 is 1.68. The van der Waals surface area contributed by atoms with Crippen LogP contribution < -0.4 is 5.32 Å². The lowest BCUT2D eigenvalue weighted by Crippen LogP contribution is -2.42. The van der Waals surface area contributed by atoms with Crippen molar-refractivity contribution < 1.29 is 33.0 Å². The molecule has 1 amide bonds. The van der Waals surface area contributed by atoms with Crippen LogP contribution in [-0.4, -0.2) is 83.5 Å². The van der Waals surface area contributed by atoms with Gasteiger partial charge in [0.15, 0.2) is 0 Å². The molecule has 0 radical (unpaired) electrons. The van der Waals surface area contributed by atoms with Gasteiger partial charge in [-0.25, -0.2) is 13.2 Å². The number of carboxylic acids is 2. The number of sulfone groups is 1. The molecule has 0 bridgehead atoms. The average Bonchev–Trinajstić information content (AvgIpc) is 3.56. The number of carboxylic acid groups (broad SMARTS) is 2. The molecule has 0 saturated carbocycles. The molecule has 1 saturated heterocycles. The van der Waals surface area contributed by atoms with Crippen LogP contribution in [-0.2, 0) is 26.0 Å². The van der Waals surface area contributed by atoms with Gasteiger partial charge in [-0.2, -0.15) is 11.8 Å². The number of thioether (sulfide) groups is 1. The van der Waals surface area contributed by atoms with Crippen molar-refractivity contribution in [3.63, 3.8) is 0 Å². The first-order chi connectivity index (χ1) is 28.0. The number of hydrogen-bond acceptors (Lipinski definition) is 7. The molecule has 0 aromatic heterocycles. The maximum Gasteiger partial charge on any atom is 0.326 e. The predicted molar refractivity (Wildman–Crippen MR) is 249 cm³/mol. The van der Waals surface area contributed by atoms with Gasteiger partial charge in [0.2, 0.25) is 0 Å². The van der Waals surface area contributed by atoms with Crippen LogP contribution in [0.1, 0.15) is 127 Å². The number of carbonyl (C=O) groups excluding carboxylic acids is 1. The number of amides is 1. The minimum atomic E-state index is -3.39. The number of likely N-dealkylation sites (tertiary alicyclic amines) is 1. The maximum atomic E-state index is 13.5. The van der Waals surface area contributed by atoms with E-state index in [0.29, 0.717) is 17.6 Å². The molecule has 1 heterocycles. The standard InChI is InChI=1S/C35H46N2O5S.C7H16.C6H12O2S/c1-6-9-14-26(8-3)22-29-18-17-28(12-7-2)37(29)24-27-16-19-31(32(23-27)30-15-11-10-13-25(30)4)34(38)36-33(35(39)40)20-21-43(5,41)42;1-4-6-7(3)5-2;1-5(6(7)8)3-4-9-2/h6,8-11,13-16,19,23,28-29,33H,1,7,12,17-18,20-22,24H2,2-5H3,(H,36,38)(H,39,40);7H,4-6H2,1-3H3;5H,3-4H2,1-2H3,(H,7,8)/b14-9-,26-8+;;. The highest BCUT2D eigenvalue weighted by Crippen LogP contribution is 2.35. The van der Waals surface area contributed by atoms with Gasteiger partial charge in [-0.1, -0.05) is 127 Å². The molecular formula is C48H74N2O7S2. The van der Waals surface area contributed by atoms with Gasteiger partial charge in [-0.05, 0) is 105 Å². The lowest BCUT2D eigenvalue weighted by molar-refractivity contribution is -0.141. The van der Waals surface area contributed by atoms with Crippen LogP contribution >= 0.6 is 11.8 Å². The van der Waals surface area contributed by atoms with Gasteiger partial charge in [0, 0.05) is 30.4 Å². The van der Waals surface area contributed by atoms with Crippen molar-refractivity contribution in [2.24, 2.45) is 11.8 Å². The lowest BCUT2D eigenvalue weighted by atomic mass is 9.93. The molecule has 1 fully saturated rings. The van der Waals surface area contributed by atoms with E-state index in [1.807, 2.05) is 49.6 Å². The van der Waals surface area contributed by atoms with Crippen LogP contribution in [0, 0.1) is 18.8 Å². The normalized spacial score (nSPS) is 17.2. The summed E-state index contributed by atoms with van der Waals surface area (Å²) in [5.74, 6) is -1.13. The van der Waals surface area contributed by atoms with Crippen molar-refractivity contribution in [2.75, 3.05) is 24.0 Å². The van der Waals surface area contributed by atoms with E-state index in [4.69, 9.17) is 5.11 Å². The van der Waals surface area contributed by atoms with Gasteiger partial charge in [0.1, 0.15) is 15.9 Å². The second kappa shape index (κ2) is 28.7. The fraction of sp³-hybridized carbons (Fsp3) is 0.562. The molecule has 330 valence electrons. The summed E-state index contributed by atoms with van der Waals surface area (Å²) in [5.41, 5.74) is 5.34. The lowest BCUT2D eigenvalue weighted by Gasteiger charge is -2.31. The number of hydrogen-bond donors (Lipinski definition) is 3. The van der Waals surface area contributed by atoms with E-state index in [1.54, 1.807) is 30.8 Å². The largest absolute Gasteiger partial charge is 0.481 e. The number of aryl methyl sites for hydroxylation is 1. The number of aliphatic carboxylic acids is 2. The van der Waals surface area contributed by atoms with Crippen LogP contribution in [0.3, 0.4) is 0 Å². The average molecular weight is 855 g/mol. The Hall–Kier alpha value is -3.67. The second-order valence-electron chi connectivity index (χ2n) is 15.8. The van der Waals surface area contributed by atoms with Crippen LogP contribution in [0.4, 0.5) is 0 Å². The van der Waals surface area contributed by atoms with Crippen molar-refractivity contribution >= 4 is 39.4 Å². The molecule has 9 nitrogen and oxygen atoms in total. The van der Waals surface area contributed by atoms with Crippen LogP contribution in [0.25, 0.3) is 11.1 Å². The Morgan fingerprint density at radius 2 is 1.64 bits per heavy atom. The Labute approximate surface area is 361 Å². The van der Waals surface area contributed by atoms with Crippen molar-refractivity contribution in [3.8, 4) is 11.1 Å². The fourth-order valence-electron chi connectivity index (χ4n) is 7.02. The zero-order valence-electron chi connectivity index (χ0n) is 37.3. The van der Waals surface area contributed by atoms with E-state index >= 15 is 0 Å². The number of allylic oxidation sites excluding steroid dienone is 4. The summed E-state index contributed by atoms with van der Waals surface area (Å²) in [6.45, 7) is 19.4. The minimum absolute atomic E-state index is 0.183. The zero-order chi connectivity index (χ0) is 44.5. The molecule has 3 N–H and O–H groups in total. The quantitative estimate of drug-likeness (QED) is 0.0987. The number of nitrogens with one attached hydrogen (secondary N) is 1. The summed E-state index contributed by atoms with van der Waals surface area (Å²) < 4.78 is 23.3. The smallest absolute Gasteiger partial charge is 0.326 e. The molecule has 11 heteroatoms. The van der Waals surface area contributed by atoms with Gasteiger partial charge in [-0.15, -0.1) is 0 Å². The van der Waals surface area contributed by atoms with Crippen molar-refractivity contribution in [2.45, 2.75) is 137 Å². The highest BCUT2D eigenvalue weighted by molar-refractivity contribution is 7.98. The Balaban J connectivity index is 0.000000911. The predicted octanol–water partition coefficient (Wildman–Crippen LogP) is 10.8. The summed E-state index contributed by atoms with van der Waals surface area (Å²) in [5, 5.41) is 20.7. The molecule has 59 heavy (non-hydrogen) atoms. The summed E-state index contributed by atoms with van der Waals surface area (Å²) in [7, 11) is -3.39. The molecular weight excluding hydrogens is 781 g/mol. The minimum Gasteiger partial charge on any atom is -0.481 e. The highest BCUT2D eigenvalue weighted by atomic mass is 32.2. The third kappa shape index (κ3) is 20.4.